The molecule has 3 rings (SSSR count). The van der Waals surface area contributed by atoms with Crippen LogP contribution in [-0.2, 0) is 0 Å². The van der Waals surface area contributed by atoms with Crippen molar-refractivity contribution in [3.63, 3.8) is 0 Å². The first-order chi connectivity index (χ1) is 11.3. The molecule has 0 bridgehead atoms. The van der Waals surface area contributed by atoms with E-state index in [2.05, 4.69) is 54.0 Å². The number of nitrogens with one attached hydrogen (secondary N) is 2. The van der Waals surface area contributed by atoms with Gasteiger partial charge in [0, 0.05) is 18.6 Å². The molecule has 1 saturated carbocycles. The van der Waals surface area contributed by atoms with Gasteiger partial charge in [0.25, 0.3) is 0 Å². The molecule has 2 nitrogen and oxygen atoms in total. The molecule has 1 aromatic rings. The molecule has 2 unspecified atom stereocenters. The largest absolute Gasteiger partial charge is 0.312 e. The van der Waals surface area contributed by atoms with Crippen LogP contribution in [0.15, 0.2) is 35.9 Å². The quantitative estimate of drug-likeness (QED) is 0.814. The van der Waals surface area contributed by atoms with Gasteiger partial charge < -0.3 is 10.6 Å². The Kier molecular flexibility index (Phi) is 6.29. The highest BCUT2D eigenvalue weighted by Crippen LogP contribution is 2.29. The van der Waals surface area contributed by atoms with Crippen LogP contribution in [0, 0.1) is 5.92 Å². The molecule has 2 aliphatic rings. The van der Waals surface area contributed by atoms with Crippen molar-refractivity contribution in [3.8, 4) is 0 Å². The van der Waals surface area contributed by atoms with Crippen molar-refractivity contribution in [2.24, 2.45) is 5.92 Å². The summed E-state index contributed by atoms with van der Waals surface area (Å²) in [5.74, 6) is 0.865. The van der Waals surface area contributed by atoms with E-state index in [4.69, 9.17) is 0 Å². The van der Waals surface area contributed by atoms with Crippen LogP contribution in [0.2, 0.25) is 0 Å². The number of hydrogen-bond donors (Lipinski definition) is 2. The van der Waals surface area contributed by atoms with Gasteiger partial charge in [0.2, 0.25) is 0 Å². The summed E-state index contributed by atoms with van der Waals surface area (Å²) in [7, 11) is 0. The summed E-state index contributed by atoms with van der Waals surface area (Å²) in [5.41, 5.74) is 2.73. The van der Waals surface area contributed by atoms with Crippen molar-refractivity contribution in [1.29, 1.82) is 0 Å². The van der Waals surface area contributed by atoms with Crippen molar-refractivity contribution >= 4 is 6.08 Å². The minimum absolute atomic E-state index is 0.650. The minimum atomic E-state index is 0.650. The van der Waals surface area contributed by atoms with E-state index in [1.807, 2.05) is 0 Å². The number of hydrogen-bond acceptors (Lipinski definition) is 2. The number of rotatable bonds is 6. The predicted molar refractivity (Wildman–Crippen MR) is 99.5 cm³/mol. The summed E-state index contributed by atoms with van der Waals surface area (Å²) in [6.45, 7) is 4.46. The zero-order chi connectivity index (χ0) is 15.9. The Morgan fingerprint density at radius 2 is 1.91 bits per heavy atom. The second-order valence-corrected chi connectivity index (χ2v) is 7.41. The van der Waals surface area contributed by atoms with Gasteiger partial charge in [0.05, 0.1) is 0 Å². The summed E-state index contributed by atoms with van der Waals surface area (Å²) in [5, 5.41) is 7.67. The molecule has 2 fully saturated rings. The first-order valence-corrected chi connectivity index (χ1v) is 9.52. The van der Waals surface area contributed by atoms with Gasteiger partial charge >= 0.3 is 0 Å². The molecule has 1 heterocycles. The molecule has 2 heteroatoms. The standard InChI is InChI=1S/C21H32N2/c1-17(15-18-9-4-2-5-10-18)16-23-21(20-13-8-14-22-20)19-11-6-3-7-12-19/h2,4-5,9-10,15,19-23H,3,6-8,11-14,16H2,1H3. The maximum atomic E-state index is 3.92. The fourth-order valence-electron chi connectivity index (χ4n) is 4.31. The zero-order valence-electron chi connectivity index (χ0n) is 14.6. The lowest BCUT2D eigenvalue weighted by Gasteiger charge is -2.35. The Labute approximate surface area is 141 Å². The first kappa shape index (κ1) is 16.7. The summed E-state index contributed by atoms with van der Waals surface area (Å²) in [4.78, 5) is 0. The Morgan fingerprint density at radius 3 is 2.61 bits per heavy atom. The fourth-order valence-corrected chi connectivity index (χ4v) is 4.31. The molecular formula is C21H32N2. The van der Waals surface area contributed by atoms with Crippen molar-refractivity contribution in [1.82, 2.24) is 10.6 Å². The molecule has 0 spiro atoms. The lowest BCUT2D eigenvalue weighted by Crippen LogP contribution is -2.50. The number of benzene rings is 1. The summed E-state index contributed by atoms with van der Waals surface area (Å²) in [6, 6.07) is 12.0. The third-order valence-electron chi connectivity index (χ3n) is 5.52. The minimum Gasteiger partial charge on any atom is -0.312 e. The molecule has 23 heavy (non-hydrogen) atoms. The van der Waals surface area contributed by atoms with E-state index in [9.17, 15) is 0 Å². The first-order valence-electron chi connectivity index (χ1n) is 9.52. The van der Waals surface area contributed by atoms with E-state index in [-0.39, 0.29) is 0 Å². The van der Waals surface area contributed by atoms with Gasteiger partial charge in [-0.3, -0.25) is 0 Å². The molecule has 2 N–H and O–H groups in total. The van der Waals surface area contributed by atoms with Gasteiger partial charge in [-0.25, -0.2) is 0 Å². The summed E-state index contributed by atoms with van der Waals surface area (Å²) in [6.07, 6.45) is 12.1. The van der Waals surface area contributed by atoms with Gasteiger partial charge in [0.15, 0.2) is 0 Å². The van der Waals surface area contributed by atoms with Gasteiger partial charge in [-0.05, 0) is 50.6 Å². The highest BCUT2D eigenvalue weighted by atomic mass is 15.0. The topological polar surface area (TPSA) is 24.1 Å². The second-order valence-electron chi connectivity index (χ2n) is 7.41. The van der Waals surface area contributed by atoms with Gasteiger partial charge in [-0.1, -0.05) is 61.2 Å². The predicted octanol–water partition coefficient (Wildman–Crippen LogP) is 4.38. The molecule has 0 amide bonds. The van der Waals surface area contributed by atoms with Gasteiger partial charge in [0.1, 0.15) is 0 Å². The van der Waals surface area contributed by atoms with Crippen LogP contribution in [-0.4, -0.2) is 25.2 Å². The van der Waals surface area contributed by atoms with Crippen LogP contribution < -0.4 is 10.6 Å². The normalized spacial score (nSPS) is 24.7. The third-order valence-corrected chi connectivity index (χ3v) is 5.52. The molecule has 1 aliphatic heterocycles. The summed E-state index contributed by atoms with van der Waals surface area (Å²) < 4.78 is 0. The van der Waals surface area contributed by atoms with Gasteiger partial charge in [-0.15, -0.1) is 0 Å². The highest BCUT2D eigenvalue weighted by molar-refractivity contribution is 5.52. The fraction of sp³-hybridized carbons (Fsp3) is 0.619. The highest BCUT2D eigenvalue weighted by Gasteiger charge is 2.31. The van der Waals surface area contributed by atoms with Crippen LogP contribution >= 0.6 is 0 Å². The Hall–Kier alpha value is -1.12. The van der Waals surface area contributed by atoms with Crippen molar-refractivity contribution in [3.05, 3.63) is 41.5 Å². The lowest BCUT2D eigenvalue weighted by atomic mass is 9.80. The molecule has 126 valence electrons. The van der Waals surface area contributed by atoms with Gasteiger partial charge in [-0.2, -0.15) is 0 Å². The van der Waals surface area contributed by atoms with E-state index in [1.165, 1.54) is 62.6 Å². The molecule has 1 aliphatic carbocycles. The Morgan fingerprint density at radius 1 is 1.13 bits per heavy atom. The molecule has 0 radical (unpaired) electrons. The lowest BCUT2D eigenvalue weighted by molar-refractivity contribution is 0.234. The van der Waals surface area contributed by atoms with Crippen LogP contribution in [0.3, 0.4) is 0 Å². The molecule has 1 aromatic carbocycles. The van der Waals surface area contributed by atoms with E-state index < -0.39 is 0 Å². The van der Waals surface area contributed by atoms with E-state index in [0.29, 0.717) is 12.1 Å². The van der Waals surface area contributed by atoms with Crippen molar-refractivity contribution in [2.75, 3.05) is 13.1 Å². The zero-order valence-corrected chi connectivity index (χ0v) is 14.6. The average molecular weight is 313 g/mol. The SMILES string of the molecule is CC(=Cc1ccccc1)CNC(C1CCCCC1)C1CCCN1. The van der Waals surface area contributed by atoms with Crippen molar-refractivity contribution < 1.29 is 0 Å². The van der Waals surface area contributed by atoms with Crippen LogP contribution in [0.1, 0.15) is 57.4 Å². The monoisotopic (exact) mass is 312 g/mol. The van der Waals surface area contributed by atoms with Crippen LogP contribution in [0.4, 0.5) is 0 Å². The average Bonchev–Trinajstić information content (AvgIpc) is 3.11. The maximum Gasteiger partial charge on any atom is 0.0252 e. The van der Waals surface area contributed by atoms with E-state index in [1.54, 1.807) is 0 Å². The van der Waals surface area contributed by atoms with Crippen LogP contribution in [0.25, 0.3) is 6.08 Å². The molecule has 2 atom stereocenters. The van der Waals surface area contributed by atoms with Crippen molar-refractivity contribution in [2.45, 2.75) is 64.0 Å². The van der Waals surface area contributed by atoms with E-state index in [0.717, 1.165) is 12.5 Å². The Bertz CT molecular complexity index is 482. The molecule has 1 saturated heterocycles. The maximum absolute atomic E-state index is 3.92. The Balaban J connectivity index is 1.60. The van der Waals surface area contributed by atoms with Crippen LogP contribution in [0.5, 0.6) is 0 Å². The smallest absolute Gasteiger partial charge is 0.0252 e. The summed E-state index contributed by atoms with van der Waals surface area (Å²) >= 11 is 0. The molecule has 0 aromatic heterocycles. The second kappa shape index (κ2) is 8.65. The third kappa shape index (κ3) is 4.92. The molecular weight excluding hydrogens is 280 g/mol. The van der Waals surface area contributed by atoms with E-state index >= 15 is 0 Å².